The van der Waals surface area contributed by atoms with Crippen LogP contribution in [0, 0.1) is 0 Å². The van der Waals surface area contributed by atoms with Crippen molar-refractivity contribution in [3.05, 3.63) is 28.8 Å². The topological polar surface area (TPSA) is 18.5 Å². The highest BCUT2D eigenvalue weighted by atomic mass is 35.5. The highest BCUT2D eigenvalue weighted by Gasteiger charge is 2.24. The van der Waals surface area contributed by atoms with E-state index < -0.39 is 0 Å². The van der Waals surface area contributed by atoms with Crippen LogP contribution in [0.15, 0.2) is 18.2 Å². The molecule has 0 amide bonds. The first-order valence-corrected chi connectivity index (χ1v) is 8.47. The maximum Gasteiger partial charge on any atom is 0.0426 e. The molecule has 0 bridgehead atoms. The zero-order chi connectivity index (χ0) is 15.2. The number of nitrogens with one attached hydrogen (secondary N) is 1. The second kappa shape index (κ2) is 8.02. The van der Waals surface area contributed by atoms with Crippen LogP contribution in [0.3, 0.4) is 0 Å². The predicted molar refractivity (Wildman–Crippen MR) is 92.4 cm³/mol. The van der Waals surface area contributed by atoms with Crippen LogP contribution < -0.4 is 10.2 Å². The number of halogens is 1. The average Bonchev–Trinajstić information content (AvgIpc) is 2.93. The van der Waals surface area contributed by atoms with Gasteiger partial charge in [-0.2, -0.15) is 0 Å². The van der Waals surface area contributed by atoms with Crippen LogP contribution in [-0.4, -0.2) is 44.2 Å². The van der Waals surface area contributed by atoms with Gasteiger partial charge < -0.3 is 10.2 Å². The molecule has 1 aromatic rings. The highest BCUT2D eigenvalue weighted by molar-refractivity contribution is 6.30. The summed E-state index contributed by atoms with van der Waals surface area (Å²) in [7, 11) is 2.19. The number of rotatable bonds is 7. The van der Waals surface area contributed by atoms with Gasteiger partial charge in [0.2, 0.25) is 0 Å². The molecule has 1 N–H and O–H groups in total. The molecular weight excluding hydrogens is 282 g/mol. The summed E-state index contributed by atoms with van der Waals surface area (Å²) in [5.74, 6) is 0. The lowest BCUT2D eigenvalue weighted by atomic mass is 10.1. The normalized spacial score (nSPS) is 19.1. The molecule has 1 atom stereocenters. The molecule has 1 fully saturated rings. The minimum Gasteiger partial charge on any atom is -0.373 e. The number of anilines is 1. The van der Waals surface area contributed by atoms with Crippen molar-refractivity contribution in [3.63, 3.8) is 0 Å². The maximum absolute atomic E-state index is 6.21. The quantitative estimate of drug-likeness (QED) is 0.833. The SMILES string of the molecule is CCNCc1ccc(Cl)cc1N(C)CC1CCCN1CC. The standard InChI is InChI=1S/C17H28ClN3/c1-4-19-12-14-8-9-15(18)11-17(14)20(3)13-16-7-6-10-21(16)5-2/h8-9,11,16,19H,4-7,10,12-13H2,1-3H3. The van der Waals surface area contributed by atoms with E-state index in [1.165, 1.54) is 30.6 Å². The minimum atomic E-state index is 0.672. The van der Waals surface area contributed by atoms with E-state index in [1.807, 2.05) is 6.07 Å². The Morgan fingerprint density at radius 1 is 1.38 bits per heavy atom. The second-order valence-corrected chi connectivity index (χ2v) is 6.29. The van der Waals surface area contributed by atoms with Gasteiger partial charge in [0.15, 0.2) is 0 Å². The summed E-state index contributed by atoms with van der Waals surface area (Å²) in [6.45, 7) is 9.75. The van der Waals surface area contributed by atoms with E-state index in [9.17, 15) is 0 Å². The monoisotopic (exact) mass is 309 g/mol. The Labute approximate surface area is 134 Å². The Kier molecular flexibility index (Phi) is 6.34. The molecule has 1 saturated heterocycles. The van der Waals surface area contributed by atoms with Crippen LogP contribution in [-0.2, 0) is 6.54 Å². The van der Waals surface area contributed by atoms with Crippen molar-refractivity contribution in [2.45, 2.75) is 39.3 Å². The Balaban J connectivity index is 2.09. The fraction of sp³-hybridized carbons (Fsp3) is 0.647. The molecule has 1 heterocycles. The summed E-state index contributed by atoms with van der Waals surface area (Å²) in [6.07, 6.45) is 2.63. The molecule has 1 unspecified atom stereocenters. The maximum atomic E-state index is 6.21. The molecule has 1 aromatic carbocycles. The van der Waals surface area contributed by atoms with Crippen molar-refractivity contribution in [2.75, 3.05) is 38.1 Å². The zero-order valence-electron chi connectivity index (χ0n) is 13.5. The van der Waals surface area contributed by atoms with Crippen LogP contribution in [0.5, 0.6) is 0 Å². The first-order valence-electron chi connectivity index (χ1n) is 8.10. The smallest absolute Gasteiger partial charge is 0.0426 e. The van der Waals surface area contributed by atoms with E-state index in [0.717, 1.165) is 31.2 Å². The number of hydrogen-bond acceptors (Lipinski definition) is 3. The number of likely N-dealkylation sites (tertiary alicyclic amines) is 1. The van der Waals surface area contributed by atoms with Crippen molar-refractivity contribution < 1.29 is 0 Å². The van der Waals surface area contributed by atoms with E-state index in [4.69, 9.17) is 11.6 Å². The van der Waals surface area contributed by atoms with Gasteiger partial charge in [0.25, 0.3) is 0 Å². The fourth-order valence-corrected chi connectivity index (χ4v) is 3.40. The number of likely N-dealkylation sites (N-methyl/N-ethyl adjacent to an activating group) is 2. The van der Waals surface area contributed by atoms with Gasteiger partial charge in [-0.05, 0) is 50.2 Å². The fourth-order valence-electron chi connectivity index (χ4n) is 3.23. The first-order chi connectivity index (χ1) is 10.2. The molecule has 118 valence electrons. The van der Waals surface area contributed by atoms with E-state index in [1.54, 1.807) is 0 Å². The van der Waals surface area contributed by atoms with Gasteiger partial charge in [0, 0.05) is 36.9 Å². The lowest BCUT2D eigenvalue weighted by Gasteiger charge is -2.30. The van der Waals surface area contributed by atoms with Gasteiger partial charge in [-0.15, -0.1) is 0 Å². The van der Waals surface area contributed by atoms with Crippen LogP contribution in [0.4, 0.5) is 5.69 Å². The van der Waals surface area contributed by atoms with Gasteiger partial charge in [-0.3, -0.25) is 4.90 Å². The van der Waals surface area contributed by atoms with E-state index in [-0.39, 0.29) is 0 Å². The third kappa shape index (κ3) is 4.35. The predicted octanol–water partition coefficient (Wildman–Crippen LogP) is 3.37. The summed E-state index contributed by atoms with van der Waals surface area (Å²) < 4.78 is 0. The van der Waals surface area contributed by atoms with Crippen LogP contribution in [0.2, 0.25) is 5.02 Å². The van der Waals surface area contributed by atoms with Gasteiger partial charge in [-0.25, -0.2) is 0 Å². The molecule has 3 nitrogen and oxygen atoms in total. The van der Waals surface area contributed by atoms with Gasteiger partial charge in [0.1, 0.15) is 0 Å². The number of nitrogens with zero attached hydrogens (tertiary/aromatic N) is 2. The van der Waals surface area contributed by atoms with Crippen molar-refractivity contribution in [2.24, 2.45) is 0 Å². The zero-order valence-corrected chi connectivity index (χ0v) is 14.3. The summed E-state index contributed by atoms with van der Waals surface area (Å²) in [4.78, 5) is 4.96. The summed E-state index contributed by atoms with van der Waals surface area (Å²) >= 11 is 6.21. The number of hydrogen-bond donors (Lipinski definition) is 1. The molecule has 0 aromatic heterocycles. The lowest BCUT2D eigenvalue weighted by molar-refractivity contribution is 0.270. The van der Waals surface area contributed by atoms with Gasteiger partial charge in [0.05, 0.1) is 0 Å². The summed E-state index contributed by atoms with van der Waals surface area (Å²) in [6, 6.07) is 6.90. The van der Waals surface area contributed by atoms with Gasteiger partial charge in [-0.1, -0.05) is 31.5 Å². The first kappa shape index (κ1) is 16.6. The van der Waals surface area contributed by atoms with E-state index in [2.05, 4.69) is 48.1 Å². The van der Waals surface area contributed by atoms with Crippen LogP contribution in [0.25, 0.3) is 0 Å². The average molecular weight is 310 g/mol. The minimum absolute atomic E-state index is 0.672. The van der Waals surface area contributed by atoms with Crippen LogP contribution in [0.1, 0.15) is 32.3 Å². The summed E-state index contributed by atoms with van der Waals surface area (Å²) in [5.41, 5.74) is 2.58. The van der Waals surface area contributed by atoms with Crippen LogP contribution >= 0.6 is 11.6 Å². The molecular formula is C17H28ClN3. The van der Waals surface area contributed by atoms with E-state index in [0.29, 0.717) is 6.04 Å². The molecule has 0 aliphatic carbocycles. The Hall–Kier alpha value is -0.770. The van der Waals surface area contributed by atoms with Crippen molar-refractivity contribution in [1.29, 1.82) is 0 Å². The Bertz CT molecular complexity index is 450. The highest BCUT2D eigenvalue weighted by Crippen LogP contribution is 2.26. The Morgan fingerprint density at radius 2 is 2.19 bits per heavy atom. The molecule has 2 rings (SSSR count). The molecule has 0 radical (unpaired) electrons. The molecule has 0 saturated carbocycles. The lowest BCUT2D eigenvalue weighted by Crippen LogP contribution is -2.39. The molecule has 1 aliphatic rings. The summed E-state index contributed by atoms with van der Waals surface area (Å²) in [5, 5.41) is 4.23. The van der Waals surface area contributed by atoms with E-state index >= 15 is 0 Å². The largest absolute Gasteiger partial charge is 0.373 e. The molecule has 0 spiro atoms. The van der Waals surface area contributed by atoms with Crippen molar-refractivity contribution in [3.8, 4) is 0 Å². The second-order valence-electron chi connectivity index (χ2n) is 5.86. The molecule has 4 heteroatoms. The van der Waals surface area contributed by atoms with Gasteiger partial charge >= 0.3 is 0 Å². The number of benzene rings is 1. The molecule has 21 heavy (non-hydrogen) atoms. The Morgan fingerprint density at radius 3 is 2.90 bits per heavy atom. The third-order valence-electron chi connectivity index (χ3n) is 4.41. The van der Waals surface area contributed by atoms with Crippen molar-refractivity contribution >= 4 is 17.3 Å². The molecule has 1 aliphatic heterocycles. The third-order valence-corrected chi connectivity index (χ3v) is 4.65. The van der Waals surface area contributed by atoms with Crippen molar-refractivity contribution in [1.82, 2.24) is 10.2 Å².